The van der Waals surface area contributed by atoms with Gasteiger partial charge in [0.2, 0.25) is 0 Å². The predicted octanol–water partition coefficient (Wildman–Crippen LogP) is 3.99. The molecule has 0 aliphatic carbocycles. The summed E-state index contributed by atoms with van der Waals surface area (Å²) in [6.45, 7) is 11.2. The van der Waals surface area contributed by atoms with Crippen molar-refractivity contribution in [3.63, 3.8) is 0 Å². The minimum atomic E-state index is 0.542. The molecule has 0 atom stereocenters. The van der Waals surface area contributed by atoms with Gasteiger partial charge in [0.05, 0.1) is 6.61 Å². The van der Waals surface area contributed by atoms with Gasteiger partial charge in [0.25, 0.3) is 0 Å². The van der Waals surface area contributed by atoms with Crippen molar-refractivity contribution in [1.82, 2.24) is 0 Å². The summed E-state index contributed by atoms with van der Waals surface area (Å²) in [6, 6.07) is 6.07. The van der Waals surface area contributed by atoms with E-state index in [1.807, 2.05) is 26.0 Å². The van der Waals surface area contributed by atoms with Gasteiger partial charge < -0.3 is 9.47 Å². The smallest absolute Gasteiger partial charge is 0.164 e. The normalized spacial score (nSPS) is 10.1. The molecule has 1 aromatic rings. The van der Waals surface area contributed by atoms with E-state index in [1.165, 1.54) is 5.56 Å². The molecule has 1 aromatic carbocycles. The minimum absolute atomic E-state index is 0.542. The minimum Gasteiger partial charge on any atom is -0.490 e. The van der Waals surface area contributed by atoms with Gasteiger partial charge in [0.15, 0.2) is 11.5 Å². The highest BCUT2D eigenvalue weighted by molar-refractivity contribution is 5.47. The third-order valence-electron chi connectivity index (χ3n) is 2.34. The molecule has 0 unspecified atom stereocenters. The first-order chi connectivity index (χ1) is 8.19. The van der Waals surface area contributed by atoms with E-state index >= 15 is 0 Å². The molecule has 2 nitrogen and oxygen atoms in total. The van der Waals surface area contributed by atoms with Crippen LogP contribution in [0.4, 0.5) is 0 Å². The Morgan fingerprint density at radius 1 is 1.24 bits per heavy atom. The lowest BCUT2D eigenvalue weighted by molar-refractivity contribution is 0.290. The predicted molar refractivity (Wildman–Crippen MR) is 71.9 cm³/mol. The number of ether oxygens (including phenoxy) is 2. The van der Waals surface area contributed by atoms with Crippen LogP contribution in [0, 0.1) is 0 Å². The van der Waals surface area contributed by atoms with E-state index in [0.29, 0.717) is 13.2 Å². The van der Waals surface area contributed by atoms with Gasteiger partial charge >= 0.3 is 0 Å². The van der Waals surface area contributed by atoms with Crippen molar-refractivity contribution in [2.45, 2.75) is 33.6 Å². The summed E-state index contributed by atoms with van der Waals surface area (Å²) in [5.41, 5.74) is 2.22. The molecule has 0 heterocycles. The van der Waals surface area contributed by atoms with Crippen LogP contribution in [0.1, 0.15) is 32.8 Å². The molecular weight excluding hydrogens is 212 g/mol. The van der Waals surface area contributed by atoms with E-state index < -0.39 is 0 Å². The van der Waals surface area contributed by atoms with Crippen molar-refractivity contribution in [2.75, 3.05) is 13.2 Å². The molecule has 17 heavy (non-hydrogen) atoms. The summed E-state index contributed by atoms with van der Waals surface area (Å²) in [7, 11) is 0. The van der Waals surface area contributed by atoms with Crippen molar-refractivity contribution < 1.29 is 9.47 Å². The highest BCUT2D eigenvalue weighted by Crippen LogP contribution is 2.32. The first kappa shape index (κ1) is 13.6. The molecule has 0 spiro atoms. The summed E-state index contributed by atoms with van der Waals surface area (Å²) in [6.07, 6.45) is 2.10. The molecule has 0 amide bonds. The Kier molecular flexibility index (Phi) is 5.61. The maximum atomic E-state index is 5.81. The zero-order chi connectivity index (χ0) is 12.7. The molecule has 2 heteroatoms. The van der Waals surface area contributed by atoms with Crippen LogP contribution in [0.15, 0.2) is 30.4 Å². The molecule has 0 aliphatic rings. The van der Waals surface area contributed by atoms with Gasteiger partial charge in [0, 0.05) is 0 Å². The number of para-hydroxylation sites is 1. The molecule has 0 saturated heterocycles. The Balaban J connectivity index is 2.95. The second-order valence-corrected chi connectivity index (χ2v) is 4.17. The Labute approximate surface area is 104 Å². The average Bonchev–Trinajstić information content (AvgIpc) is 2.29. The number of rotatable bonds is 7. The van der Waals surface area contributed by atoms with Crippen LogP contribution in [0.3, 0.4) is 0 Å². The van der Waals surface area contributed by atoms with Crippen LogP contribution in [-0.4, -0.2) is 13.2 Å². The standard InChI is InChI=1S/C15H22O2/c1-5-8-13-9-7-10-14(16-6-2)15(13)17-11-12(3)4/h7,9-10H,3,5-6,8,11H2,1-2,4H3. The van der Waals surface area contributed by atoms with Crippen LogP contribution in [0.25, 0.3) is 0 Å². The fraction of sp³-hybridized carbons (Fsp3) is 0.467. The van der Waals surface area contributed by atoms with Crippen LogP contribution in [0.5, 0.6) is 11.5 Å². The van der Waals surface area contributed by atoms with E-state index in [0.717, 1.165) is 29.9 Å². The van der Waals surface area contributed by atoms with Crippen molar-refractivity contribution in [3.8, 4) is 11.5 Å². The van der Waals surface area contributed by atoms with Gasteiger partial charge in [0.1, 0.15) is 6.61 Å². The molecule has 0 saturated carbocycles. The van der Waals surface area contributed by atoms with Crippen LogP contribution >= 0.6 is 0 Å². The summed E-state index contributed by atoms with van der Waals surface area (Å²) in [5.74, 6) is 1.71. The topological polar surface area (TPSA) is 18.5 Å². The van der Waals surface area contributed by atoms with E-state index in [9.17, 15) is 0 Å². The van der Waals surface area contributed by atoms with Gasteiger partial charge in [-0.15, -0.1) is 0 Å². The van der Waals surface area contributed by atoms with E-state index in [1.54, 1.807) is 0 Å². The maximum Gasteiger partial charge on any atom is 0.164 e. The van der Waals surface area contributed by atoms with Crippen molar-refractivity contribution in [1.29, 1.82) is 0 Å². The highest BCUT2D eigenvalue weighted by Gasteiger charge is 2.10. The zero-order valence-corrected chi connectivity index (χ0v) is 11.1. The fourth-order valence-electron chi connectivity index (χ4n) is 1.66. The first-order valence-electron chi connectivity index (χ1n) is 6.20. The van der Waals surface area contributed by atoms with Crippen LogP contribution in [-0.2, 0) is 6.42 Å². The first-order valence-corrected chi connectivity index (χ1v) is 6.20. The molecule has 0 aliphatic heterocycles. The summed E-state index contributed by atoms with van der Waals surface area (Å²) < 4.78 is 11.4. The molecule has 0 bridgehead atoms. The molecule has 94 valence electrons. The number of hydrogen-bond acceptors (Lipinski definition) is 2. The Morgan fingerprint density at radius 3 is 2.59 bits per heavy atom. The molecule has 0 fully saturated rings. The molecule has 0 aromatic heterocycles. The van der Waals surface area contributed by atoms with Crippen LogP contribution < -0.4 is 9.47 Å². The maximum absolute atomic E-state index is 5.81. The van der Waals surface area contributed by atoms with Gasteiger partial charge in [-0.1, -0.05) is 32.1 Å². The lowest BCUT2D eigenvalue weighted by atomic mass is 10.1. The van der Waals surface area contributed by atoms with Gasteiger partial charge in [-0.3, -0.25) is 0 Å². The van der Waals surface area contributed by atoms with Gasteiger partial charge in [-0.2, -0.15) is 0 Å². The molecule has 0 radical (unpaired) electrons. The summed E-state index contributed by atoms with van der Waals surface area (Å²) in [4.78, 5) is 0. The Bertz CT molecular complexity index is 345. The lowest BCUT2D eigenvalue weighted by Gasteiger charge is -2.15. The number of aryl methyl sites for hydroxylation is 1. The molecule has 1 rings (SSSR count). The summed E-state index contributed by atoms with van der Waals surface area (Å²) >= 11 is 0. The summed E-state index contributed by atoms with van der Waals surface area (Å²) in [5, 5.41) is 0. The van der Waals surface area contributed by atoms with Crippen molar-refractivity contribution in [3.05, 3.63) is 35.9 Å². The number of hydrogen-bond donors (Lipinski definition) is 0. The lowest BCUT2D eigenvalue weighted by Crippen LogP contribution is -2.04. The Morgan fingerprint density at radius 2 is 2.00 bits per heavy atom. The second kappa shape index (κ2) is 7.00. The van der Waals surface area contributed by atoms with E-state index in [-0.39, 0.29) is 0 Å². The third-order valence-corrected chi connectivity index (χ3v) is 2.34. The average molecular weight is 234 g/mol. The monoisotopic (exact) mass is 234 g/mol. The van der Waals surface area contributed by atoms with Crippen LogP contribution in [0.2, 0.25) is 0 Å². The van der Waals surface area contributed by atoms with E-state index in [2.05, 4.69) is 19.6 Å². The van der Waals surface area contributed by atoms with Crippen molar-refractivity contribution in [2.24, 2.45) is 0 Å². The van der Waals surface area contributed by atoms with E-state index in [4.69, 9.17) is 9.47 Å². The Hall–Kier alpha value is -1.44. The SMILES string of the molecule is C=C(C)COc1c(CCC)cccc1OCC. The molecular formula is C15H22O2. The highest BCUT2D eigenvalue weighted by atomic mass is 16.5. The van der Waals surface area contributed by atoms with Gasteiger partial charge in [-0.05, 0) is 37.5 Å². The zero-order valence-electron chi connectivity index (χ0n) is 11.1. The second-order valence-electron chi connectivity index (χ2n) is 4.17. The fourth-order valence-corrected chi connectivity index (χ4v) is 1.66. The largest absolute Gasteiger partial charge is 0.490 e. The third kappa shape index (κ3) is 4.14. The van der Waals surface area contributed by atoms with Gasteiger partial charge in [-0.25, -0.2) is 0 Å². The molecule has 0 N–H and O–H groups in total. The number of benzene rings is 1. The van der Waals surface area contributed by atoms with Crippen molar-refractivity contribution >= 4 is 0 Å². The quantitative estimate of drug-likeness (QED) is 0.664.